The highest BCUT2D eigenvalue weighted by Gasteiger charge is 2.11. The van der Waals surface area contributed by atoms with Gasteiger partial charge in [0.25, 0.3) is 0 Å². The van der Waals surface area contributed by atoms with Crippen LogP contribution in [0, 0.1) is 0 Å². The maximum atomic E-state index is 11.4. The molecule has 0 fully saturated rings. The molecule has 2 heterocycles. The first-order valence-electron chi connectivity index (χ1n) is 4.77. The molecule has 84 valence electrons. The molecule has 0 aliphatic rings. The molecule has 0 saturated carbocycles. The molecule has 0 bridgehead atoms. The molecule has 0 unspecified atom stereocenters. The second kappa shape index (κ2) is 4.54. The van der Waals surface area contributed by atoms with Gasteiger partial charge in [0.15, 0.2) is 5.69 Å². The number of carbonyl (C=O) groups excluding carboxylic acids is 1. The second-order valence-electron chi connectivity index (χ2n) is 3.09. The molecule has 0 saturated heterocycles. The lowest BCUT2D eigenvalue weighted by molar-refractivity contribution is 0.0520. The Kier molecular flexibility index (Phi) is 3.12. The molecule has 2 N–H and O–H groups in total. The van der Waals surface area contributed by atoms with Crippen molar-refractivity contribution in [2.45, 2.75) is 11.8 Å². The van der Waals surface area contributed by atoms with E-state index >= 15 is 0 Å². The smallest absolute Gasteiger partial charge is 0.358 e. The Balaban J connectivity index is 2.39. The number of fused-ring (bicyclic) bond motifs is 1. The molecule has 0 spiro atoms. The Hall–Kier alpha value is -1.53. The average Bonchev–Trinajstić information content (AvgIpc) is 2.71. The maximum Gasteiger partial charge on any atom is 0.358 e. The summed E-state index contributed by atoms with van der Waals surface area (Å²) < 4.78 is 6.62. The van der Waals surface area contributed by atoms with Gasteiger partial charge in [0.1, 0.15) is 5.65 Å². The van der Waals surface area contributed by atoms with E-state index in [2.05, 4.69) is 4.98 Å². The molecule has 6 heteroatoms. The molecule has 0 radical (unpaired) electrons. The molecule has 5 nitrogen and oxygen atoms in total. The van der Waals surface area contributed by atoms with Crippen molar-refractivity contribution in [3.05, 3.63) is 30.2 Å². The van der Waals surface area contributed by atoms with Crippen LogP contribution in [0.4, 0.5) is 0 Å². The van der Waals surface area contributed by atoms with Gasteiger partial charge in [-0.25, -0.2) is 9.78 Å². The number of nitrogens with zero attached hydrogens (tertiary/aromatic N) is 2. The number of aromatic nitrogens is 2. The van der Waals surface area contributed by atoms with E-state index in [0.717, 1.165) is 16.8 Å². The third-order valence-corrected chi connectivity index (χ3v) is 2.56. The van der Waals surface area contributed by atoms with Gasteiger partial charge in [0, 0.05) is 17.3 Å². The van der Waals surface area contributed by atoms with Gasteiger partial charge < -0.3 is 9.14 Å². The first kappa shape index (κ1) is 11.0. The van der Waals surface area contributed by atoms with E-state index in [4.69, 9.17) is 9.88 Å². The highest BCUT2D eigenvalue weighted by atomic mass is 32.2. The summed E-state index contributed by atoms with van der Waals surface area (Å²) in [6.45, 7) is 2.10. The highest BCUT2D eigenvalue weighted by Crippen LogP contribution is 2.14. The number of esters is 1. The number of imidazole rings is 1. The van der Waals surface area contributed by atoms with Gasteiger partial charge in [-0.05, 0) is 31.0 Å². The Morgan fingerprint density at radius 1 is 1.56 bits per heavy atom. The minimum Gasteiger partial charge on any atom is -0.461 e. The Morgan fingerprint density at radius 3 is 3.06 bits per heavy atom. The predicted octanol–water partition coefficient (Wildman–Crippen LogP) is 1.48. The topological polar surface area (TPSA) is 69.6 Å². The average molecular weight is 237 g/mol. The van der Waals surface area contributed by atoms with Gasteiger partial charge in [0.2, 0.25) is 0 Å². The van der Waals surface area contributed by atoms with Crippen LogP contribution in [0.1, 0.15) is 17.4 Å². The lowest BCUT2D eigenvalue weighted by Crippen LogP contribution is -2.04. The number of rotatable bonds is 3. The molecule has 0 aliphatic carbocycles. The van der Waals surface area contributed by atoms with Gasteiger partial charge >= 0.3 is 5.97 Å². The van der Waals surface area contributed by atoms with Crippen molar-refractivity contribution in [1.82, 2.24) is 9.38 Å². The van der Waals surface area contributed by atoms with Crippen molar-refractivity contribution >= 4 is 23.6 Å². The van der Waals surface area contributed by atoms with E-state index in [0.29, 0.717) is 17.9 Å². The van der Waals surface area contributed by atoms with Crippen LogP contribution < -0.4 is 5.14 Å². The van der Waals surface area contributed by atoms with Crippen LogP contribution in [0.2, 0.25) is 0 Å². The summed E-state index contributed by atoms with van der Waals surface area (Å²) in [6.07, 6.45) is 3.45. The van der Waals surface area contributed by atoms with E-state index in [1.54, 1.807) is 23.6 Å². The van der Waals surface area contributed by atoms with Crippen LogP contribution in [0.25, 0.3) is 5.65 Å². The summed E-state index contributed by atoms with van der Waals surface area (Å²) in [5.74, 6) is -0.409. The van der Waals surface area contributed by atoms with E-state index < -0.39 is 5.97 Å². The van der Waals surface area contributed by atoms with Gasteiger partial charge in [-0.2, -0.15) is 0 Å². The Bertz CT molecular complexity index is 524. The molecule has 0 amide bonds. The molecular formula is C10H11N3O2S. The zero-order chi connectivity index (χ0) is 11.5. The van der Waals surface area contributed by atoms with E-state index in [1.165, 1.54) is 0 Å². The number of ether oxygens (including phenoxy) is 1. The quantitative estimate of drug-likeness (QED) is 0.646. The molecule has 0 aromatic carbocycles. The van der Waals surface area contributed by atoms with Crippen LogP contribution in [0.5, 0.6) is 0 Å². The van der Waals surface area contributed by atoms with Crippen molar-refractivity contribution in [2.24, 2.45) is 5.14 Å². The molecule has 16 heavy (non-hydrogen) atoms. The third-order valence-electron chi connectivity index (χ3n) is 2.04. The first-order chi connectivity index (χ1) is 7.74. The minimum atomic E-state index is -0.409. The monoisotopic (exact) mass is 237 g/mol. The fourth-order valence-corrected chi connectivity index (χ4v) is 1.67. The van der Waals surface area contributed by atoms with Gasteiger partial charge in [-0.3, -0.25) is 5.14 Å². The highest BCUT2D eigenvalue weighted by molar-refractivity contribution is 7.97. The molecule has 2 aromatic heterocycles. The van der Waals surface area contributed by atoms with Crippen molar-refractivity contribution in [1.29, 1.82) is 0 Å². The molecule has 2 aromatic rings. The van der Waals surface area contributed by atoms with Crippen LogP contribution in [0.3, 0.4) is 0 Å². The predicted molar refractivity (Wildman–Crippen MR) is 61.2 cm³/mol. The van der Waals surface area contributed by atoms with Crippen LogP contribution in [-0.2, 0) is 4.74 Å². The fourth-order valence-electron chi connectivity index (χ4n) is 1.34. The first-order valence-corrected chi connectivity index (χ1v) is 5.65. The molecule has 0 atom stereocenters. The summed E-state index contributed by atoms with van der Waals surface area (Å²) in [7, 11) is 0. The van der Waals surface area contributed by atoms with Crippen LogP contribution in [-0.4, -0.2) is 22.0 Å². The summed E-state index contributed by atoms with van der Waals surface area (Å²) in [5.41, 5.74) is 1.00. The fraction of sp³-hybridized carbons (Fsp3) is 0.200. The number of hydrogen-bond donors (Lipinski definition) is 1. The normalized spacial score (nSPS) is 10.6. The molecule has 2 rings (SSSR count). The summed E-state index contributed by atoms with van der Waals surface area (Å²) in [4.78, 5) is 16.5. The van der Waals surface area contributed by atoms with Crippen molar-refractivity contribution < 1.29 is 9.53 Å². The summed E-state index contributed by atoms with van der Waals surface area (Å²) in [5, 5.41) is 5.45. The zero-order valence-electron chi connectivity index (χ0n) is 8.71. The van der Waals surface area contributed by atoms with E-state index in [-0.39, 0.29) is 0 Å². The summed E-state index contributed by atoms with van der Waals surface area (Å²) >= 11 is 1.15. The Morgan fingerprint density at radius 2 is 2.38 bits per heavy atom. The van der Waals surface area contributed by atoms with Gasteiger partial charge in [-0.15, -0.1) is 0 Å². The molecule has 0 aliphatic heterocycles. The molecular weight excluding hydrogens is 226 g/mol. The number of nitrogens with two attached hydrogens (primary N) is 1. The number of pyridine rings is 1. The third kappa shape index (κ3) is 2.02. The lowest BCUT2D eigenvalue weighted by Gasteiger charge is -1.96. The van der Waals surface area contributed by atoms with Gasteiger partial charge in [-0.1, -0.05) is 0 Å². The Labute approximate surface area is 96.7 Å². The minimum absolute atomic E-state index is 0.307. The van der Waals surface area contributed by atoms with Crippen molar-refractivity contribution in [3.8, 4) is 0 Å². The van der Waals surface area contributed by atoms with Crippen LogP contribution >= 0.6 is 11.9 Å². The van der Waals surface area contributed by atoms with E-state index in [9.17, 15) is 4.79 Å². The largest absolute Gasteiger partial charge is 0.461 e. The maximum absolute atomic E-state index is 11.4. The van der Waals surface area contributed by atoms with Crippen molar-refractivity contribution in [3.63, 3.8) is 0 Å². The second-order valence-corrected chi connectivity index (χ2v) is 3.80. The number of hydrogen-bond acceptors (Lipinski definition) is 5. The lowest BCUT2D eigenvalue weighted by atomic mass is 10.5. The van der Waals surface area contributed by atoms with E-state index in [1.807, 2.05) is 12.3 Å². The zero-order valence-corrected chi connectivity index (χ0v) is 9.53. The number of carbonyl (C=O) groups is 1. The van der Waals surface area contributed by atoms with Crippen LogP contribution in [0.15, 0.2) is 29.4 Å². The van der Waals surface area contributed by atoms with Gasteiger partial charge in [0.05, 0.1) is 6.61 Å². The SMILES string of the molecule is CCOC(=O)c1cn2cc(SN)ccc2n1. The summed E-state index contributed by atoms with van der Waals surface area (Å²) in [6, 6.07) is 3.65. The van der Waals surface area contributed by atoms with Crippen molar-refractivity contribution in [2.75, 3.05) is 6.61 Å². The standard InChI is InChI=1S/C10H11N3O2S/c1-2-15-10(14)8-6-13-5-7(16-11)3-4-9(13)12-8/h3-6H,2,11H2,1H3.